The Morgan fingerprint density at radius 1 is 1.06 bits per heavy atom. The summed E-state index contributed by atoms with van der Waals surface area (Å²) >= 11 is 0. The Bertz CT molecular complexity index is 1220. The van der Waals surface area contributed by atoms with Crippen molar-refractivity contribution in [3.8, 4) is 17.0 Å². The van der Waals surface area contributed by atoms with Crippen molar-refractivity contribution in [2.24, 2.45) is 0 Å². The number of amides is 1. The average Bonchev–Trinajstić information content (AvgIpc) is 3.31. The summed E-state index contributed by atoms with van der Waals surface area (Å²) in [6.07, 6.45) is 6.47. The van der Waals surface area contributed by atoms with Crippen LogP contribution in [0, 0.1) is 0 Å². The molecule has 0 unspecified atom stereocenters. The molecule has 0 atom stereocenters. The highest BCUT2D eigenvalue weighted by Gasteiger charge is 2.10. The van der Waals surface area contributed by atoms with Crippen LogP contribution >= 0.6 is 0 Å². The molecule has 2 heterocycles. The number of hydrogen-bond donors (Lipinski definition) is 3. The Labute approximate surface area is 205 Å². The number of aromatic nitrogens is 3. The van der Waals surface area contributed by atoms with Gasteiger partial charge in [0.05, 0.1) is 17.9 Å². The fraction of sp³-hybridized carbons (Fsp3) is 0.250. The molecule has 0 saturated heterocycles. The van der Waals surface area contributed by atoms with E-state index in [9.17, 15) is 9.90 Å². The van der Waals surface area contributed by atoms with E-state index in [1.54, 1.807) is 18.3 Å². The molecular formula is C28H31N5O2. The minimum atomic E-state index is -0.103. The van der Waals surface area contributed by atoms with Gasteiger partial charge in [-0.05, 0) is 73.0 Å². The highest BCUT2D eigenvalue weighted by molar-refractivity contribution is 5.94. The predicted octanol–water partition coefficient (Wildman–Crippen LogP) is 5.04. The molecule has 0 aliphatic heterocycles. The molecule has 0 fully saturated rings. The van der Waals surface area contributed by atoms with Gasteiger partial charge in [-0.15, -0.1) is 0 Å². The van der Waals surface area contributed by atoms with Crippen molar-refractivity contribution in [1.29, 1.82) is 0 Å². The van der Waals surface area contributed by atoms with Crippen molar-refractivity contribution in [1.82, 2.24) is 20.1 Å². The summed E-state index contributed by atoms with van der Waals surface area (Å²) in [5.41, 5.74) is 5.65. The summed E-state index contributed by atoms with van der Waals surface area (Å²) in [6.45, 7) is 4.21. The Kier molecular flexibility index (Phi) is 8.12. The minimum Gasteiger partial charge on any atom is -0.508 e. The van der Waals surface area contributed by atoms with Crippen LogP contribution < -0.4 is 10.6 Å². The zero-order valence-corrected chi connectivity index (χ0v) is 19.9. The van der Waals surface area contributed by atoms with Crippen LogP contribution in [0.25, 0.3) is 11.3 Å². The number of unbranched alkanes of at least 4 members (excludes halogenated alkanes) is 1. The Morgan fingerprint density at radius 2 is 1.86 bits per heavy atom. The fourth-order valence-corrected chi connectivity index (χ4v) is 3.77. The number of aryl methyl sites for hydroxylation is 1. The third-order valence-electron chi connectivity index (χ3n) is 5.80. The van der Waals surface area contributed by atoms with Crippen molar-refractivity contribution >= 4 is 11.6 Å². The summed E-state index contributed by atoms with van der Waals surface area (Å²) in [5, 5.41) is 20.5. The van der Waals surface area contributed by atoms with Crippen molar-refractivity contribution in [3.05, 3.63) is 95.9 Å². The van der Waals surface area contributed by atoms with Crippen LogP contribution in [-0.4, -0.2) is 32.3 Å². The number of carbonyl (C=O) groups is 1. The number of anilines is 1. The van der Waals surface area contributed by atoms with Crippen LogP contribution in [0.3, 0.4) is 0 Å². The number of phenols is 1. The molecule has 35 heavy (non-hydrogen) atoms. The lowest BCUT2D eigenvalue weighted by Crippen LogP contribution is -2.25. The Morgan fingerprint density at radius 3 is 2.57 bits per heavy atom. The molecule has 2 aromatic carbocycles. The molecule has 1 amide bonds. The second-order valence-corrected chi connectivity index (χ2v) is 8.44. The van der Waals surface area contributed by atoms with Gasteiger partial charge in [-0.2, -0.15) is 5.10 Å². The lowest BCUT2D eigenvalue weighted by molar-refractivity contribution is 0.0954. The molecule has 0 radical (unpaired) electrons. The number of phenolic OH excluding ortho intramolecular Hbond substituents is 1. The van der Waals surface area contributed by atoms with E-state index in [0.717, 1.165) is 47.6 Å². The SMILES string of the molecule is CCCCn1nc(-c2cccnc2)cc1CNc1ccc(C(=O)NCCc2ccc(O)cc2)cc1. The lowest BCUT2D eigenvalue weighted by atomic mass is 10.1. The largest absolute Gasteiger partial charge is 0.508 e. The van der Waals surface area contributed by atoms with Crippen LogP contribution in [0.4, 0.5) is 5.69 Å². The molecule has 2 aromatic heterocycles. The maximum atomic E-state index is 12.5. The van der Waals surface area contributed by atoms with Gasteiger partial charge in [0.2, 0.25) is 0 Å². The number of nitrogens with one attached hydrogen (secondary N) is 2. The van der Waals surface area contributed by atoms with E-state index in [4.69, 9.17) is 5.10 Å². The van der Waals surface area contributed by atoms with Gasteiger partial charge in [-0.3, -0.25) is 14.5 Å². The minimum absolute atomic E-state index is 0.103. The number of pyridine rings is 1. The van der Waals surface area contributed by atoms with Crippen LogP contribution in [0.5, 0.6) is 5.75 Å². The number of rotatable bonds is 11. The maximum Gasteiger partial charge on any atom is 0.251 e. The monoisotopic (exact) mass is 469 g/mol. The van der Waals surface area contributed by atoms with E-state index < -0.39 is 0 Å². The fourth-order valence-electron chi connectivity index (χ4n) is 3.77. The second kappa shape index (κ2) is 11.8. The number of nitrogens with zero attached hydrogens (tertiary/aromatic N) is 3. The number of hydrogen-bond acceptors (Lipinski definition) is 5. The summed E-state index contributed by atoms with van der Waals surface area (Å²) in [5.74, 6) is 0.139. The maximum absolute atomic E-state index is 12.5. The molecule has 180 valence electrons. The number of benzene rings is 2. The van der Waals surface area contributed by atoms with Gasteiger partial charge in [-0.1, -0.05) is 25.5 Å². The van der Waals surface area contributed by atoms with Gasteiger partial charge < -0.3 is 15.7 Å². The first-order chi connectivity index (χ1) is 17.1. The highest BCUT2D eigenvalue weighted by Crippen LogP contribution is 2.20. The summed E-state index contributed by atoms with van der Waals surface area (Å²) in [6, 6.07) is 20.6. The zero-order chi connectivity index (χ0) is 24.5. The van der Waals surface area contributed by atoms with Gasteiger partial charge in [0.15, 0.2) is 0 Å². The summed E-state index contributed by atoms with van der Waals surface area (Å²) in [7, 11) is 0. The van der Waals surface area contributed by atoms with Crippen molar-refractivity contribution in [2.45, 2.75) is 39.3 Å². The molecule has 0 spiro atoms. The summed E-state index contributed by atoms with van der Waals surface area (Å²) in [4.78, 5) is 16.7. The molecule has 4 aromatic rings. The number of carbonyl (C=O) groups excluding carboxylic acids is 1. The molecule has 0 bridgehead atoms. The first kappa shape index (κ1) is 24.0. The van der Waals surface area contributed by atoms with Gasteiger partial charge in [0.1, 0.15) is 5.75 Å². The molecule has 4 rings (SSSR count). The molecule has 0 saturated carbocycles. The van der Waals surface area contributed by atoms with Crippen LogP contribution in [0.15, 0.2) is 79.1 Å². The molecule has 7 nitrogen and oxygen atoms in total. The van der Waals surface area contributed by atoms with E-state index in [-0.39, 0.29) is 11.7 Å². The quantitative estimate of drug-likeness (QED) is 0.286. The topological polar surface area (TPSA) is 92.1 Å². The van der Waals surface area contributed by atoms with Gasteiger partial charge in [0, 0.05) is 42.3 Å². The number of aromatic hydroxyl groups is 1. The van der Waals surface area contributed by atoms with E-state index in [1.165, 1.54) is 0 Å². The Hall–Kier alpha value is -4.13. The molecule has 3 N–H and O–H groups in total. The van der Waals surface area contributed by atoms with Crippen LogP contribution in [0.2, 0.25) is 0 Å². The van der Waals surface area contributed by atoms with Crippen molar-refractivity contribution < 1.29 is 9.90 Å². The third kappa shape index (κ3) is 6.69. The molecular weight excluding hydrogens is 438 g/mol. The van der Waals surface area contributed by atoms with Gasteiger partial charge >= 0.3 is 0 Å². The van der Waals surface area contributed by atoms with Gasteiger partial charge in [0.25, 0.3) is 5.91 Å². The molecule has 0 aliphatic rings. The predicted molar refractivity (Wildman–Crippen MR) is 138 cm³/mol. The standard InChI is InChI=1S/C28H31N5O2/c1-2-3-17-33-25(18-27(32-33)23-5-4-15-29-19-23)20-31-24-10-8-22(9-11-24)28(35)30-16-14-21-6-12-26(34)13-7-21/h4-13,15,18-19,31,34H,2-3,14,16-17,20H2,1H3,(H,30,35). The second-order valence-electron chi connectivity index (χ2n) is 8.44. The van der Waals surface area contributed by atoms with Crippen molar-refractivity contribution in [2.75, 3.05) is 11.9 Å². The third-order valence-corrected chi connectivity index (χ3v) is 5.80. The lowest BCUT2D eigenvalue weighted by Gasteiger charge is -2.10. The van der Waals surface area contributed by atoms with Crippen LogP contribution in [-0.2, 0) is 19.5 Å². The van der Waals surface area contributed by atoms with E-state index in [2.05, 4.69) is 33.3 Å². The van der Waals surface area contributed by atoms with E-state index in [0.29, 0.717) is 25.1 Å². The van der Waals surface area contributed by atoms with E-state index in [1.807, 2.05) is 54.7 Å². The van der Waals surface area contributed by atoms with E-state index >= 15 is 0 Å². The first-order valence-corrected chi connectivity index (χ1v) is 12.0. The van der Waals surface area contributed by atoms with Gasteiger partial charge in [-0.25, -0.2) is 0 Å². The smallest absolute Gasteiger partial charge is 0.251 e. The molecule has 7 heteroatoms. The normalized spacial score (nSPS) is 10.8. The van der Waals surface area contributed by atoms with Crippen LogP contribution in [0.1, 0.15) is 41.4 Å². The van der Waals surface area contributed by atoms with Crippen molar-refractivity contribution in [3.63, 3.8) is 0 Å². The highest BCUT2D eigenvalue weighted by atomic mass is 16.3. The first-order valence-electron chi connectivity index (χ1n) is 12.0. The summed E-state index contributed by atoms with van der Waals surface area (Å²) < 4.78 is 2.06. The molecule has 0 aliphatic carbocycles. The zero-order valence-electron chi connectivity index (χ0n) is 19.9. The Balaban J connectivity index is 1.33. The average molecular weight is 470 g/mol.